The lowest BCUT2D eigenvalue weighted by atomic mass is 10.2. The highest BCUT2D eigenvalue weighted by Crippen LogP contribution is 2.35. The summed E-state index contributed by atoms with van der Waals surface area (Å²) in [5, 5.41) is 14.4. The van der Waals surface area contributed by atoms with Gasteiger partial charge in [-0.2, -0.15) is 0 Å². The van der Waals surface area contributed by atoms with E-state index in [4.69, 9.17) is 4.74 Å². The van der Waals surface area contributed by atoms with Crippen molar-refractivity contribution in [3.63, 3.8) is 0 Å². The lowest BCUT2D eigenvalue weighted by molar-refractivity contribution is -0.129. The second-order valence-electron chi connectivity index (χ2n) is 6.28. The molecule has 0 spiro atoms. The minimum Gasteiger partial charge on any atom is -0.497 e. The molecule has 3 heterocycles. The summed E-state index contributed by atoms with van der Waals surface area (Å²) in [5.41, 5.74) is 0.917. The van der Waals surface area contributed by atoms with Gasteiger partial charge in [0.15, 0.2) is 4.34 Å². The number of amides is 1. The average Bonchev–Trinajstić information content (AvgIpc) is 3.47. The Labute approximate surface area is 175 Å². The number of benzene rings is 1. The summed E-state index contributed by atoms with van der Waals surface area (Å²) >= 11 is 4.62. The summed E-state index contributed by atoms with van der Waals surface area (Å²) in [5.74, 6) is 1.36. The molecule has 28 heavy (non-hydrogen) atoms. The van der Waals surface area contributed by atoms with Gasteiger partial charge in [0.25, 0.3) is 0 Å². The van der Waals surface area contributed by atoms with Gasteiger partial charge in [-0.25, -0.2) is 0 Å². The third kappa shape index (κ3) is 4.48. The normalized spacial score (nSPS) is 16.3. The summed E-state index contributed by atoms with van der Waals surface area (Å²) in [7, 11) is 1.64. The SMILES string of the molecule is COc1ccc(Nc2nnc(SCC(=O)N3CCC[C@@H]3c3cccs3)s2)cc1. The maximum absolute atomic E-state index is 12.7. The monoisotopic (exact) mass is 432 g/mol. The fourth-order valence-corrected chi connectivity index (χ4v) is 5.70. The number of aromatic nitrogens is 2. The third-order valence-corrected chi connectivity index (χ3v) is 7.44. The molecule has 1 N–H and O–H groups in total. The molecule has 1 aliphatic rings. The van der Waals surface area contributed by atoms with Crippen LogP contribution >= 0.6 is 34.4 Å². The Balaban J connectivity index is 1.32. The molecule has 1 saturated heterocycles. The molecule has 1 fully saturated rings. The first-order valence-electron chi connectivity index (χ1n) is 8.93. The van der Waals surface area contributed by atoms with Gasteiger partial charge in [-0.15, -0.1) is 21.5 Å². The van der Waals surface area contributed by atoms with Crippen LogP contribution in [0.25, 0.3) is 0 Å². The molecule has 1 aromatic carbocycles. The molecule has 0 unspecified atom stereocenters. The molecule has 0 bridgehead atoms. The Morgan fingerprint density at radius 1 is 1.32 bits per heavy atom. The second kappa shape index (κ2) is 8.93. The average molecular weight is 433 g/mol. The van der Waals surface area contributed by atoms with Gasteiger partial charge in [-0.1, -0.05) is 29.2 Å². The minimum atomic E-state index is 0.167. The summed E-state index contributed by atoms with van der Waals surface area (Å²) in [6.07, 6.45) is 2.11. The molecule has 1 amide bonds. The van der Waals surface area contributed by atoms with E-state index in [2.05, 4.69) is 27.0 Å². The number of thioether (sulfide) groups is 1. The molecule has 4 rings (SSSR count). The standard InChI is InChI=1S/C19H20N4O2S3/c1-25-14-8-6-13(7-9-14)20-18-21-22-19(28-18)27-12-17(24)23-10-2-4-15(23)16-5-3-11-26-16/h3,5-9,11,15H,2,4,10,12H2,1H3,(H,20,21)/t15-/m1/s1. The number of carbonyl (C=O) groups excluding carboxylic acids is 1. The molecular weight excluding hydrogens is 412 g/mol. The van der Waals surface area contributed by atoms with Gasteiger partial charge in [0.2, 0.25) is 11.0 Å². The molecule has 0 aliphatic carbocycles. The molecular formula is C19H20N4O2S3. The van der Waals surface area contributed by atoms with E-state index < -0.39 is 0 Å². The van der Waals surface area contributed by atoms with Crippen LogP contribution in [-0.4, -0.2) is 40.4 Å². The first-order valence-corrected chi connectivity index (χ1v) is 11.6. The molecule has 9 heteroatoms. The highest BCUT2D eigenvalue weighted by molar-refractivity contribution is 8.01. The van der Waals surface area contributed by atoms with E-state index in [0.29, 0.717) is 10.9 Å². The van der Waals surface area contributed by atoms with E-state index in [1.54, 1.807) is 18.4 Å². The maximum Gasteiger partial charge on any atom is 0.233 e. The fourth-order valence-electron chi connectivity index (χ4n) is 3.16. The lowest BCUT2D eigenvalue weighted by Gasteiger charge is -2.23. The van der Waals surface area contributed by atoms with Crippen molar-refractivity contribution in [2.24, 2.45) is 0 Å². The number of hydrogen-bond acceptors (Lipinski definition) is 8. The van der Waals surface area contributed by atoms with Crippen molar-refractivity contribution in [1.82, 2.24) is 15.1 Å². The zero-order valence-corrected chi connectivity index (χ0v) is 17.8. The summed E-state index contributed by atoms with van der Waals surface area (Å²) < 4.78 is 5.95. The predicted octanol–water partition coefficient (Wildman–Crippen LogP) is 4.81. The second-order valence-corrected chi connectivity index (χ2v) is 9.46. The molecule has 146 valence electrons. The molecule has 6 nitrogen and oxygen atoms in total. The van der Waals surface area contributed by atoms with E-state index in [9.17, 15) is 4.79 Å². The van der Waals surface area contributed by atoms with Crippen LogP contribution in [0.4, 0.5) is 10.8 Å². The van der Waals surface area contributed by atoms with Gasteiger partial charge in [-0.3, -0.25) is 4.79 Å². The number of thiophene rings is 1. The van der Waals surface area contributed by atoms with Gasteiger partial charge in [0.05, 0.1) is 18.9 Å². The zero-order valence-electron chi connectivity index (χ0n) is 15.3. The van der Waals surface area contributed by atoms with E-state index >= 15 is 0 Å². The van der Waals surface area contributed by atoms with Crippen molar-refractivity contribution in [3.8, 4) is 5.75 Å². The number of likely N-dealkylation sites (tertiary alicyclic amines) is 1. The van der Waals surface area contributed by atoms with Crippen LogP contribution in [0.15, 0.2) is 46.1 Å². The Morgan fingerprint density at radius 3 is 2.93 bits per heavy atom. The molecule has 2 aromatic heterocycles. The number of hydrogen-bond donors (Lipinski definition) is 1. The summed E-state index contributed by atoms with van der Waals surface area (Å²) in [6.45, 7) is 0.836. The summed E-state index contributed by atoms with van der Waals surface area (Å²) in [6, 6.07) is 12.0. The Morgan fingerprint density at radius 2 is 2.18 bits per heavy atom. The van der Waals surface area contributed by atoms with Gasteiger partial charge >= 0.3 is 0 Å². The van der Waals surface area contributed by atoms with E-state index in [0.717, 1.165) is 35.2 Å². The molecule has 0 saturated carbocycles. The van der Waals surface area contributed by atoms with Gasteiger partial charge < -0.3 is 15.0 Å². The van der Waals surface area contributed by atoms with Crippen molar-refractivity contribution >= 4 is 51.2 Å². The number of methoxy groups -OCH3 is 1. The number of ether oxygens (including phenoxy) is 1. The van der Waals surface area contributed by atoms with Crippen LogP contribution in [-0.2, 0) is 4.79 Å². The van der Waals surface area contributed by atoms with Crippen LogP contribution < -0.4 is 10.1 Å². The van der Waals surface area contributed by atoms with Gasteiger partial charge in [0.1, 0.15) is 5.75 Å². The lowest BCUT2D eigenvalue weighted by Crippen LogP contribution is -2.31. The van der Waals surface area contributed by atoms with Crippen molar-refractivity contribution in [2.45, 2.75) is 23.2 Å². The van der Waals surface area contributed by atoms with Crippen LogP contribution in [0, 0.1) is 0 Å². The minimum absolute atomic E-state index is 0.167. The number of nitrogens with one attached hydrogen (secondary N) is 1. The van der Waals surface area contributed by atoms with E-state index in [1.807, 2.05) is 35.2 Å². The first-order chi connectivity index (χ1) is 13.7. The molecule has 1 atom stereocenters. The smallest absolute Gasteiger partial charge is 0.233 e. The van der Waals surface area contributed by atoms with E-state index in [-0.39, 0.29) is 11.9 Å². The molecule has 0 radical (unpaired) electrons. The quantitative estimate of drug-likeness (QED) is 0.541. The van der Waals surface area contributed by atoms with Crippen LogP contribution in [0.5, 0.6) is 5.75 Å². The highest BCUT2D eigenvalue weighted by Gasteiger charge is 2.30. The number of carbonyl (C=O) groups is 1. The van der Waals surface area contributed by atoms with E-state index in [1.165, 1.54) is 28.0 Å². The predicted molar refractivity (Wildman–Crippen MR) is 115 cm³/mol. The number of anilines is 2. The van der Waals surface area contributed by atoms with Crippen molar-refractivity contribution in [3.05, 3.63) is 46.7 Å². The Bertz CT molecular complexity index is 912. The number of rotatable bonds is 7. The largest absolute Gasteiger partial charge is 0.497 e. The topological polar surface area (TPSA) is 67.3 Å². The zero-order chi connectivity index (χ0) is 19.3. The van der Waals surface area contributed by atoms with Crippen LogP contribution in [0.3, 0.4) is 0 Å². The Hall–Kier alpha value is -2.10. The fraction of sp³-hybridized carbons (Fsp3) is 0.316. The van der Waals surface area contributed by atoms with Crippen LogP contribution in [0.2, 0.25) is 0 Å². The van der Waals surface area contributed by atoms with Gasteiger partial charge in [-0.05, 0) is 48.6 Å². The van der Waals surface area contributed by atoms with Crippen molar-refractivity contribution in [1.29, 1.82) is 0 Å². The molecule has 3 aromatic rings. The van der Waals surface area contributed by atoms with Crippen molar-refractivity contribution < 1.29 is 9.53 Å². The van der Waals surface area contributed by atoms with Crippen molar-refractivity contribution in [2.75, 3.05) is 24.7 Å². The Kier molecular flexibility index (Phi) is 6.13. The highest BCUT2D eigenvalue weighted by atomic mass is 32.2. The maximum atomic E-state index is 12.7. The van der Waals surface area contributed by atoms with Crippen LogP contribution in [0.1, 0.15) is 23.8 Å². The third-order valence-electron chi connectivity index (χ3n) is 4.51. The molecule has 1 aliphatic heterocycles. The van der Waals surface area contributed by atoms with Gasteiger partial charge in [0, 0.05) is 17.1 Å². The number of nitrogens with zero attached hydrogens (tertiary/aromatic N) is 3. The first kappa shape index (κ1) is 19.2. The summed E-state index contributed by atoms with van der Waals surface area (Å²) in [4.78, 5) is 16.0.